The summed E-state index contributed by atoms with van der Waals surface area (Å²) in [5.74, 6) is 0. The maximum atomic E-state index is 2.43. The molecule has 1 aliphatic carbocycles. The normalized spacial score (nSPS) is 14.1. The largest absolute Gasteiger partial charge is 0.0812 e. The number of halogens is 1. The van der Waals surface area contributed by atoms with Gasteiger partial charge in [-0.1, -0.05) is 40.8 Å². The highest BCUT2D eigenvalue weighted by molar-refractivity contribution is 14.1. The van der Waals surface area contributed by atoms with Gasteiger partial charge in [0, 0.05) is 4.43 Å². The Morgan fingerprint density at radius 2 is 2.20 bits per heavy atom. The molecule has 10 heavy (non-hydrogen) atoms. The minimum atomic E-state index is 1.17. The Kier molecular flexibility index (Phi) is 1.68. The average Bonchev–Trinajstić information content (AvgIpc) is 1.91. The van der Waals surface area contributed by atoms with Crippen molar-refractivity contribution in [3.63, 3.8) is 0 Å². The van der Waals surface area contributed by atoms with Gasteiger partial charge < -0.3 is 0 Å². The first-order valence-electron chi connectivity index (χ1n) is 3.57. The Hall–Kier alpha value is -0.0500. The Labute approximate surface area is 74.8 Å². The van der Waals surface area contributed by atoms with Crippen molar-refractivity contribution in [3.05, 3.63) is 34.9 Å². The summed E-state index contributed by atoms with van der Waals surface area (Å²) >= 11 is 2.43. The molecule has 0 bridgehead atoms. The summed E-state index contributed by atoms with van der Waals surface area (Å²) in [4.78, 5) is 0. The number of alkyl halides is 1. The standard InChI is InChI=1S/C9H9I/c10-6-8-3-1-2-7-4-5-9(7)8/h1-3H,4-6H2. The smallest absolute Gasteiger partial charge is 0.0249 e. The lowest BCUT2D eigenvalue weighted by Gasteiger charge is -2.21. The number of fused-ring (bicyclic) bond motifs is 1. The first-order valence-corrected chi connectivity index (χ1v) is 5.10. The van der Waals surface area contributed by atoms with Gasteiger partial charge in [0.15, 0.2) is 0 Å². The van der Waals surface area contributed by atoms with E-state index < -0.39 is 0 Å². The fourth-order valence-electron chi connectivity index (χ4n) is 1.45. The molecule has 0 atom stereocenters. The van der Waals surface area contributed by atoms with Gasteiger partial charge in [-0.15, -0.1) is 0 Å². The summed E-state index contributed by atoms with van der Waals surface area (Å²) < 4.78 is 1.17. The molecular weight excluding hydrogens is 235 g/mol. The lowest BCUT2D eigenvalue weighted by Crippen LogP contribution is -2.10. The number of hydrogen-bond donors (Lipinski definition) is 0. The SMILES string of the molecule is ICc1cccc2c1CC2. The highest BCUT2D eigenvalue weighted by Gasteiger charge is 2.14. The van der Waals surface area contributed by atoms with Crippen LogP contribution in [0.4, 0.5) is 0 Å². The van der Waals surface area contributed by atoms with Gasteiger partial charge in [0.05, 0.1) is 0 Å². The van der Waals surface area contributed by atoms with Crippen molar-refractivity contribution in [2.45, 2.75) is 17.3 Å². The van der Waals surface area contributed by atoms with Crippen LogP contribution in [0.1, 0.15) is 16.7 Å². The van der Waals surface area contributed by atoms with Gasteiger partial charge >= 0.3 is 0 Å². The molecule has 1 aliphatic rings. The van der Waals surface area contributed by atoms with Crippen LogP contribution < -0.4 is 0 Å². The maximum Gasteiger partial charge on any atom is 0.0249 e. The topological polar surface area (TPSA) is 0 Å². The van der Waals surface area contributed by atoms with Gasteiger partial charge in [-0.3, -0.25) is 0 Å². The summed E-state index contributed by atoms with van der Waals surface area (Å²) in [5.41, 5.74) is 4.75. The van der Waals surface area contributed by atoms with Crippen molar-refractivity contribution in [3.8, 4) is 0 Å². The van der Waals surface area contributed by atoms with E-state index in [9.17, 15) is 0 Å². The van der Waals surface area contributed by atoms with Gasteiger partial charge in [0.25, 0.3) is 0 Å². The molecule has 52 valence electrons. The molecule has 0 aromatic heterocycles. The van der Waals surface area contributed by atoms with Gasteiger partial charge in [-0.05, 0) is 29.5 Å². The third-order valence-corrected chi connectivity index (χ3v) is 2.98. The summed E-state index contributed by atoms with van der Waals surface area (Å²) in [6.07, 6.45) is 2.62. The molecule has 1 aromatic carbocycles. The number of benzene rings is 1. The quantitative estimate of drug-likeness (QED) is 0.526. The van der Waals surface area contributed by atoms with Crippen LogP contribution in [0.5, 0.6) is 0 Å². The number of aryl methyl sites for hydroxylation is 1. The Morgan fingerprint density at radius 3 is 2.70 bits per heavy atom. The van der Waals surface area contributed by atoms with E-state index in [-0.39, 0.29) is 0 Å². The van der Waals surface area contributed by atoms with E-state index in [2.05, 4.69) is 40.8 Å². The van der Waals surface area contributed by atoms with E-state index in [0.29, 0.717) is 0 Å². The summed E-state index contributed by atoms with van der Waals surface area (Å²) in [7, 11) is 0. The molecule has 1 aromatic rings. The lowest BCUT2D eigenvalue weighted by molar-refractivity contribution is 0.827. The second-order valence-corrected chi connectivity index (χ2v) is 3.45. The summed E-state index contributed by atoms with van der Waals surface area (Å²) in [6.45, 7) is 0. The predicted molar refractivity (Wildman–Crippen MR) is 51.6 cm³/mol. The fourth-order valence-corrected chi connectivity index (χ4v) is 2.17. The third-order valence-electron chi connectivity index (χ3n) is 2.16. The van der Waals surface area contributed by atoms with Crippen LogP contribution in [0.3, 0.4) is 0 Å². The second kappa shape index (κ2) is 2.53. The van der Waals surface area contributed by atoms with Crippen molar-refractivity contribution >= 4 is 22.6 Å². The van der Waals surface area contributed by atoms with Gasteiger partial charge in [-0.2, -0.15) is 0 Å². The van der Waals surface area contributed by atoms with E-state index in [1.165, 1.54) is 17.3 Å². The molecule has 0 unspecified atom stereocenters. The van der Waals surface area contributed by atoms with Gasteiger partial charge in [-0.25, -0.2) is 0 Å². The predicted octanol–water partition coefficient (Wildman–Crippen LogP) is 2.72. The van der Waals surface area contributed by atoms with E-state index in [1.54, 1.807) is 16.7 Å². The van der Waals surface area contributed by atoms with E-state index in [4.69, 9.17) is 0 Å². The Bertz CT molecular complexity index is 253. The minimum Gasteiger partial charge on any atom is -0.0812 e. The van der Waals surface area contributed by atoms with Crippen LogP contribution in [0.25, 0.3) is 0 Å². The monoisotopic (exact) mass is 244 g/mol. The molecule has 0 radical (unpaired) electrons. The zero-order valence-electron chi connectivity index (χ0n) is 5.73. The molecule has 0 aliphatic heterocycles. The highest BCUT2D eigenvalue weighted by atomic mass is 127. The van der Waals surface area contributed by atoms with E-state index in [1.807, 2.05) is 0 Å². The molecule has 0 fully saturated rings. The Morgan fingerprint density at radius 1 is 1.30 bits per heavy atom. The van der Waals surface area contributed by atoms with Crippen molar-refractivity contribution in [1.82, 2.24) is 0 Å². The van der Waals surface area contributed by atoms with Crippen LogP contribution in [-0.4, -0.2) is 0 Å². The average molecular weight is 244 g/mol. The first-order chi connectivity index (χ1) is 4.92. The summed E-state index contributed by atoms with van der Waals surface area (Å²) in [6, 6.07) is 6.66. The van der Waals surface area contributed by atoms with Crippen molar-refractivity contribution in [1.29, 1.82) is 0 Å². The van der Waals surface area contributed by atoms with Gasteiger partial charge in [0.1, 0.15) is 0 Å². The lowest BCUT2D eigenvalue weighted by atomic mass is 9.85. The molecule has 0 amide bonds. The molecule has 0 spiro atoms. The van der Waals surface area contributed by atoms with Crippen LogP contribution in [0.15, 0.2) is 18.2 Å². The van der Waals surface area contributed by atoms with E-state index >= 15 is 0 Å². The molecule has 0 heterocycles. The second-order valence-electron chi connectivity index (χ2n) is 2.69. The first kappa shape index (κ1) is 6.65. The molecule has 2 rings (SSSR count). The third kappa shape index (κ3) is 0.875. The number of hydrogen-bond acceptors (Lipinski definition) is 0. The van der Waals surface area contributed by atoms with Gasteiger partial charge in [0.2, 0.25) is 0 Å². The van der Waals surface area contributed by atoms with Crippen LogP contribution in [0, 0.1) is 0 Å². The minimum absolute atomic E-state index is 1.17. The van der Waals surface area contributed by atoms with Crippen LogP contribution in [-0.2, 0) is 17.3 Å². The molecule has 0 N–H and O–H groups in total. The molecule has 0 saturated heterocycles. The van der Waals surface area contributed by atoms with Crippen LogP contribution >= 0.6 is 22.6 Å². The zero-order chi connectivity index (χ0) is 6.97. The van der Waals surface area contributed by atoms with Crippen molar-refractivity contribution in [2.75, 3.05) is 0 Å². The summed E-state index contributed by atoms with van der Waals surface area (Å²) in [5, 5.41) is 0. The number of rotatable bonds is 1. The zero-order valence-corrected chi connectivity index (χ0v) is 7.89. The molecule has 0 saturated carbocycles. The molecule has 0 nitrogen and oxygen atoms in total. The van der Waals surface area contributed by atoms with E-state index in [0.717, 1.165) is 0 Å². The molecule has 1 heteroatoms. The maximum absolute atomic E-state index is 2.43. The van der Waals surface area contributed by atoms with Crippen molar-refractivity contribution < 1.29 is 0 Å². The van der Waals surface area contributed by atoms with Crippen LogP contribution in [0.2, 0.25) is 0 Å². The Balaban J connectivity index is 2.51. The van der Waals surface area contributed by atoms with Crippen molar-refractivity contribution in [2.24, 2.45) is 0 Å². The highest BCUT2D eigenvalue weighted by Crippen LogP contribution is 2.27. The molecular formula is C9H9I. The fraction of sp³-hybridized carbons (Fsp3) is 0.333.